The number of phosphoric acid groups is 2. The summed E-state index contributed by atoms with van der Waals surface area (Å²) in [6.07, 6.45) is -1.67. The third-order valence-corrected chi connectivity index (χ3v) is 1.71. The van der Waals surface area contributed by atoms with Crippen molar-refractivity contribution in [1.29, 1.82) is 0 Å². The van der Waals surface area contributed by atoms with Crippen molar-refractivity contribution in [2.24, 2.45) is 0 Å². The molecule has 8 nitrogen and oxygen atoms in total. The van der Waals surface area contributed by atoms with E-state index in [1.807, 2.05) is 0 Å². The molecular weight excluding hydrogens is 221 g/mol. The molecular formula is C2H9LiO8P2. The number of phosphoric ester groups is 2. The van der Waals surface area contributed by atoms with Crippen molar-refractivity contribution in [1.82, 2.24) is 0 Å². The van der Waals surface area contributed by atoms with Crippen LogP contribution in [0.3, 0.4) is 0 Å². The number of rotatable bonds is 4. The van der Waals surface area contributed by atoms with Crippen LogP contribution in [0.15, 0.2) is 0 Å². The molecule has 0 atom stereocenters. The normalized spacial score (nSPS) is 12.8. The van der Waals surface area contributed by atoms with E-state index in [1.165, 1.54) is 0 Å². The Balaban J connectivity index is 0. The second kappa shape index (κ2) is 5.64. The zero-order chi connectivity index (χ0) is 9.99. The standard InChI is InChI=1S/C2H8O8P2.Li.H/c1-2(9-11(3,4)5)10-12(6,7)8;;/h2H,1H3,(H2,3,4,5)(H2,6,7,8);;. The third kappa shape index (κ3) is 12.8. The first-order valence-electron chi connectivity index (χ1n) is 2.58. The molecule has 0 spiro atoms. The van der Waals surface area contributed by atoms with Gasteiger partial charge in [-0.25, -0.2) is 9.13 Å². The van der Waals surface area contributed by atoms with Gasteiger partial charge >= 0.3 is 34.5 Å². The molecule has 0 amide bonds. The van der Waals surface area contributed by atoms with E-state index in [9.17, 15) is 9.13 Å². The molecule has 76 valence electrons. The van der Waals surface area contributed by atoms with Crippen LogP contribution < -0.4 is 0 Å². The molecule has 0 saturated carbocycles. The molecule has 11 heteroatoms. The van der Waals surface area contributed by atoms with Gasteiger partial charge in [-0.1, -0.05) is 0 Å². The van der Waals surface area contributed by atoms with Gasteiger partial charge in [0.1, 0.15) is 0 Å². The van der Waals surface area contributed by atoms with Gasteiger partial charge in [0.2, 0.25) is 0 Å². The fourth-order valence-corrected chi connectivity index (χ4v) is 1.33. The van der Waals surface area contributed by atoms with E-state index < -0.39 is 21.9 Å². The Morgan fingerprint density at radius 2 is 1.23 bits per heavy atom. The van der Waals surface area contributed by atoms with Crippen molar-refractivity contribution >= 4 is 34.5 Å². The van der Waals surface area contributed by atoms with Gasteiger partial charge in [-0.05, 0) is 6.92 Å². The van der Waals surface area contributed by atoms with Crippen molar-refractivity contribution in [3.63, 3.8) is 0 Å². The molecule has 13 heavy (non-hydrogen) atoms. The van der Waals surface area contributed by atoms with Gasteiger partial charge in [0, 0.05) is 0 Å². The van der Waals surface area contributed by atoms with Crippen molar-refractivity contribution in [3.8, 4) is 0 Å². The van der Waals surface area contributed by atoms with Crippen LogP contribution in [0.2, 0.25) is 0 Å². The predicted molar refractivity (Wildman–Crippen MR) is 42.9 cm³/mol. The Hall–Kier alpha value is 0.817. The first-order chi connectivity index (χ1) is 5.10. The van der Waals surface area contributed by atoms with Crippen molar-refractivity contribution in [2.75, 3.05) is 0 Å². The van der Waals surface area contributed by atoms with Crippen LogP contribution in [0, 0.1) is 0 Å². The van der Waals surface area contributed by atoms with E-state index >= 15 is 0 Å². The summed E-state index contributed by atoms with van der Waals surface area (Å²) in [5.74, 6) is 0. The Morgan fingerprint density at radius 1 is 1.00 bits per heavy atom. The van der Waals surface area contributed by atoms with Crippen LogP contribution in [0.5, 0.6) is 0 Å². The summed E-state index contributed by atoms with van der Waals surface area (Å²) < 4.78 is 27.7. The Morgan fingerprint density at radius 3 is 1.38 bits per heavy atom. The average Bonchev–Trinajstić information content (AvgIpc) is 1.49. The van der Waals surface area contributed by atoms with Crippen molar-refractivity contribution in [3.05, 3.63) is 0 Å². The topological polar surface area (TPSA) is 134 Å². The van der Waals surface area contributed by atoms with Gasteiger partial charge < -0.3 is 19.6 Å². The summed E-state index contributed by atoms with van der Waals surface area (Å²) in [7, 11) is -9.55. The number of hydrogen-bond donors (Lipinski definition) is 4. The van der Waals surface area contributed by atoms with E-state index in [1.54, 1.807) is 0 Å². The zero-order valence-electron chi connectivity index (χ0n) is 5.89. The monoisotopic (exact) mass is 230 g/mol. The first kappa shape index (κ1) is 16.3. The summed E-state index contributed by atoms with van der Waals surface area (Å²) in [6.45, 7) is 0.943. The summed E-state index contributed by atoms with van der Waals surface area (Å²) in [6, 6.07) is 0. The molecule has 0 aromatic heterocycles. The summed E-state index contributed by atoms with van der Waals surface area (Å²) in [4.78, 5) is 32.6. The van der Waals surface area contributed by atoms with Crippen molar-refractivity contribution in [2.45, 2.75) is 13.2 Å². The van der Waals surface area contributed by atoms with E-state index in [4.69, 9.17) is 19.6 Å². The van der Waals surface area contributed by atoms with Gasteiger partial charge in [0.05, 0.1) is 0 Å². The second-order valence-corrected chi connectivity index (χ2v) is 4.14. The fourth-order valence-electron chi connectivity index (χ4n) is 0.406. The SMILES string of the molecule is CC(OP(=O)(O)O)OP(=O)(O)O.[LiH]. The predicted octanol–water partition coefficient (Wildman–Crippen LogP) is -1.10. The minimum absolute atomic E-state index is 0. The molecule has 4 N–H and O–H groups in total. The summed E-state index contributed by atoms with van der Waals surface area (Å²) in [5, 5.41) is 0. The van der Waals surface area contributed by atoms with Crippen molar-refractivity contribution < 1.29 is 37.8 Å². The van der Waals surface area contributed by atoms with Crippen LogP contribution in [0.4, 0.5) is 0 Å². The van der Waals surface area contributed by atoms with E-state index in [2.05, 4.69) is 9.05 Å². The molecule has 0 aliphatic carbocycles. The summed E-state index contributed by atoms with van der Waals surface area (Å²) >= 11 is 0. The molecule has 0 aromatic rings. The van der Waals surface area contributed by atoms with Crippen LogP contribution in [-0.2, 0) is 18.2 Å². The molecule has 0 bridgehead atoms. The number of hydrogen-bond acceptors (Lipinski definition) is 4. The van der Waals surface area contributed by atoms with E-state index in [-0.39, 0.29) is 18.9 Å². The first-order valence-corrected chi connectivity index (χ1v) is 5.64. The Bertz CT molecular complexity index is 204. The third-order valence-electron chi connectivity index (χ3n) is 0.572. The van der Waals surface area contributed by atoms with E-state index in [0.717, 1.165) is 6.92 Å². The second-order valence-electron chi connectivity index (χ2n) is 1.76. The summed E-state index contributed by atoms with van der Waals surface area (Å²) in [5.41, 5.74) is 0. The fraction of sp³-hybridized carbons (Fsp3) is 1.00. The quantitative estimate of drug-likeness (QED) is 0.271. The molecule has 0 heterocycles. The van der Waals surface area contributed by atoms with Gasteiger partial charge in [-0.2, -0.15) is 0 Å². The van der Waals surface area contributed by atoms with Gasteiger partial charge in [0.15, 0.2) is 6.29 Å². The van der Waals surface area contributed by atoms with Crippen LogP contribution >= 0.6 is 15.6 Å². The molecule has 0 fully saturated rings. The van der Waals surface area contributed by atoms with Gasteiger partial charge in [-0.15, -0.1) is 0 Å². The van der Waals surface area contributed by atoms with Crippen LogP contribution in [0.1, 0.15) is 6.92 Å². The molecule has 0 rings (SSSR count). The maximum absolute atomic E-state index is 10.1. The van der Waals surface area contributed by atoms with E-state index in [0.29, 0.717) is 0 Å². The maximum atomic E-state index is 10.1. The molecule has 0 aliphatic rings. The van der Waals surface area contributed by atoms with Crippen LogP contribution in [0.25, 0.3) is 0 Å². The molecule has 0 saturated heterocycles. The molecule has 0 radical (unpaired) electrons. The zero-order valence-corrected chi connectivity index (χ0v) is 7.68. The average molecular weight is 230 g/mol. The van der Waals surface area contributed by atoms with Gasteiger partial charge in [0.25, 0.3) is 0 Å². The molecule has 0 aromatic carbocycles. The van der Waals surface area contributed by atoms with Crippen LogP contribution in [-0.4, -0.2) is 44.7 Å². The van der Waals surface area contributed by atoms with Gasteiger partial charge in [-0.3, -0.25) is 9.05 Å². The Kier molecular flexibility index (Phi) is 7.05. The minimum atomic E-state index is -4.78. The molecule has 0 unspecified atom stereocenters. The Labute approximate surface area is 85.9 Å². The molecule has 0 aliphatic heterocycles.